The second-order valence-electron chi connectivity index (χ2n) is 5.62. The van der Waals surface area contributed by atoms with Crippen molar-refractivity contribution >= 4 is 23.2 Å². The van der Waals surface area contributed by atoms with Crippen LogP contribution in [0, 0.1) is 0 Å². The topological polar surface area (TPSA) is 98.2 Å². The zero-order chi connectivity index (χ0) is 20.5. The van der Waals surface area contributed by atoms with E-state index in [-0.39, 0.29) is 0 Å². The van der Waals surface area contributed by atoms with Gasteiger partial charge in [0, 0.05) is 11.3 Å². The molecule has 8 heteroatoms. The quantitative estimate of drug-likeness (QED) is 0.434. The summed E-state index contributed by atoms with van der Waals surface area (Å²) in [5.41, 5.74) is 3.93. The molecule has 0 saturated carbocycles. The number of hydrogen-bond donors (Lipinski definition) is 2. The summed E-state index contributed by atoms with van der Waals surface area (Å²) in [6.07, 6.45) is 0. The van der Waals surface area contributed by atoms with E-state index in [4.69, 9.17) is 14.2 Å². The van der Waals surface area contributed by atoms with Gasteiger partial charge in [0.05, 0.1) is 26.5 Å². The highest BCUT2D eigenvalue weighted by molar-refractivity contribution is 6.39. The molecule has 0 heterocycles. The molecule has 28 heavy (non-hydrogen) atoms. The van der Waals surface area contributed by atoms with Crippen LogP contribution in [-0.4, -0.2) is 38.4 Å². The molecule has 2 aromatic rings. The maximum Gasteiger partial charge on any atom is 0.329 e. The molecule has 0 radical (unpaired) electrons. The van der Waals surface area contributed by atoms with Crippen LogP contribution in [0.25, 0.3) is 0 Å². The van der Waals surface area contributed by atoms with Crippen molar-refractivity contribution in [3.8, 4) is 17.2 Å². The Morgan fingerprint density at radius 2 is 1.64 bits per heavy atom. The molecule has 8 nitrogen and oxygen atoms in total. The van der Waals surface area contributed by atoms with Crippen molar-refractivity contribution in [1.82, 2.24) is 5.43 Å². The molecular weight excluding hydrogens is 362 g/mol. The first kappa shape index (κ1) is 20.8. The molecule has 0 bridgehead atoms. The summed E-state index contributed by atoms with van der Waals surface area (Å²) < 4.78 is 15.7. The van der Waals surface area contributed by atoms with Gasteiger partial charge in [-0.25, -0.2) is 5.43 Å². The van der Waals surface area contributed by atoms with E-state index in [9.17, 15) is 9.59 Å². The maximum absolute atomic E-state index is 12.0. The first-order valence-corrected chi connectivity index (χ1v) is 8.59. The Labute approximate surface area is 163 Å². The average Bonchev–Trinajstić information content (AvgIpc) is 2.72. The van der Waals surface area contributed by atoms with E-state index in [1.54, 1.807) is 56.5 Å². The van der Waals surface area contributed by atoms with Crippen LogP contribution < -0.4 is 25.0 Å². The maximum atomic E-state index is 12.0. The number of nitrogens with one attached hydrogen (secondary N) is 2. The van der Waals surface area contributed by atoms with Crippen LogP contribution in [-0.2, 0) is 9.59 Å². The molecule has 2 rings (SSSR count). The van der Waals surface area contributed by atoms with Gasteiger partial charge in [0.15, 0.2) is 11.5 Å². The molecule has 2 N–H and O–H groups in total. The van der Waals surface area contributed by atoms with Crippen molar-refractivity contribution in [3.05, 3.63) is 48.0 Å². The number of methoxy groups -OCH3 is 2. The van der Waals surface area contributed by atoms with Gasteiger partial charge in [-0.3, -0.25) is 9.59 Å². The molecule has 0 aliphatic carbocycles. The standard InChI is InChI=1S/C20H23N3O5/c1-5-28-16-9-7-15(8-10-16)21-19(24)20(25)23-22-13(2)14-6-11-17(26-3)18(12-14)27-4/h6-12H,5H2,1-4H3,(H,21,24)(H,23,25)/b22-13+. The predicted molar refractivity (Wildman–Crippen MR) is 106 cm³/mol. The summed E-state index contributed by atoms with van der Waals surface area (Å²) in [4.78, 5) is 24.0. The third-order valence-electron chi connectivity index (χ3n) is 3.76. The summed E-state index contributed by atoms with van der Waals surface area (Å²) in [5.74, 6) is 0.0914. The molecule has 148 valence electrons. The highest BCUT2D eigenvalue weighted by Crippen LogP contribution is 2.27. The van der Waals surface area contributed by atoms with Crippen LogP contribution in [0.1, 0.15) is 19.4 Å². The number of benzene rings is 2. The Morgan fingerprint density at radius 3 is 2.25 bits per heavy atom. The molecule has 0 fully saturated rings. The lowest BCUT2D eigenvalue weighted by molar-refractivity contribution is -0.136. The number of carbonyl (C=O) groups is 2. The van der Waals surface area contributed by atoms with E-state index in [1.807, 2.05) is 6.92 Å². The van der Waals surface area contributed by atoms with Crippen molar-refractivity contribution in [2.24, 2.45) is 5.10 Å². The number of hydrogen-bond acceptors (Lipinski definition) is 6. The van der Waals surface area contributed by atoms with E-state index in [0.717, 1.165) is 0 Å². The fraction of sp³-hybridized carbons (Fsp3) is 0.250. The Balaban J connectivity index is 1.98. The number of amides is 2. The molecule has 2 aromatic carbocycles. The zero-order valence-corrected chi connectivity index (χ0v) is 16.2. The lowest BCUT2D eigenvalue weighted by atomic mass is 10.1. The van der Waals surface area contributed by atoms with Gasteiger partial charge in [-0.2, -0.15) is 5.10 Å². The van der Waals surface area contributed by atoms with Crippen molar-refractivity contribution in [2.45, 2.75) is 13.8 Å². The van der Waals surface area contributed by atoms with E-state index >= 15 is 0 Å². The average molecular weight is 385 g/mol. The minimum atomic E-state index is -0.881. The van der Waals surface area contributed by atoms with Gasteiger partial charge >= 0.3 is 11.8 Å². The third-order valence-corrected chi connectivity index (χ3v) is 3.76. The zero-order valence-electron chi connectivity index (χ0n) is 16.2. The monoisotopic (exact) mass is 385 g/mol. The predicted octanol–water partition coefficient (Wildman–Crippen LogP) is 2.58. The number of carbonyl (C=O) groups excluding carboxylic acids is 2. The first-order chi connectivity index (χ1) is 13.5. The number of ether oxygens (including phenoxy) is 3. The summed E-state index contributed by atoms with van der Waals surface area (Å²) in [5, 5.41) is 6.46. The van der Waals surface area contributed by atoms with Gasteiger partial charge in [-0.15, -0.1) is 0 Å². The second-order valence-corrected chi connectivity index (χ2v) is 5.62. The summed E-state index contributed by atoms with van der Waals surface area (Å²) in [6.45, 7) is 4.13. The fourth-order valence-corrected chi connectivity index (χ4v) is 2.30. The van der Waals surface area contributed by atoms with Crippen LogP contribution in [0.15, 0.2) is 47.6 Å². The van der Waals surface area contributed by atoms with E-state index in [2.05, 4.69) is 15.8 Å². The highest BCUT2D eigenvalue weighted by Gasteiger charge is 2.14. The second kappa shape index (κ2) is 9.96. The number of rotatable bonds is 7. The van der Waals surface area contributed by atoms with Crippen molar-refractivity contribution in [3.63, 3.8) is 0 Å². The van der Waals surface area contributed by atoms with Gasteiger partial charge in [0.2, 0.25) is 0 Å². The lowest BCUT2D eigenvalue weighted by Crippen LogP contribution is -2.32. The van der Waals surface area contributed by atoms with Crippen LogP contribution in [0.5, 0.6) is 17.2 Å². The van der Waals surface area contributed by atoms with E-state index < -0.39 is 11.8 Å². The Hall–Kier alpha value is -3.55. The van der Waals surface area contributed by atoms with Crippen molar-refractivity contribution in [1.29, 1.82) is 0 Å². The Bertz CT molecular complexity index is 863. The molecule has 0 aromatic heterocycles. The first-order valence-electron chi connectivity index (χ1n) is 8.59. The highest BCUT2D eigenvalue weighted by atomic mass is 16.5. The number of hydrazone groups is 1. The van der Waals surface area contributed by atoms with Crippen molar-refractivity contribution < 1.29 is 23.8 Å². The minimum absolute atomic E-state index is 0.476. The molecule has 0 aliphatic heterocycles. The van der Waals surface area contributed by atoms with Crippen molar-refractivity contribution in [2.75, 3.05) is 26.1 Å². The number of nitrogens with zero attached hydrogens (tertiary/aromatic N) is 1. The van der Waals surface area contributed by atoms with E-state index in [1.165, 1.54) is 7.11 Å². The molecule has 0 saturated heterocycles. The van der Waals surface area contributed by atoms with Gasteiger partial charge in [0.1, 0.15) is 5.75 Å². The summed E-state index contributed by atoms with van der Waals surface area (Å²) in [7, 11) is 3.07. The summed E-state index contributed by atoms with van der Waals surface area (Å²) in [6, 6.07) is 11.9. The Morgan fingerprint density at radius 1 is 0.964 bits per heavy atom. The smallest absolute Gasteiger partial charge is 0.329 e. The van der Waals surface area contributed by atoms with Gasteiger partial charge < -0.3 is 19.5 Å². The van der Waals surface area contributed by atoms with E-state index in [0.29, 0.717) is 40.8 Å². The molecule has 0 atom stereocenters. The van der Waals surface area contributed by atoms with Crippen LogP contribution in [0.3, 0.4) is 0 Å². The molecule has 0 unspecified atom stereocenters. The third kappa shape index (κ3) is 5.47. The van der Waals surface area contributed by atoms with Crippen LogP contribution in [0.2, 0.25) is 0 Å². The van der Waals surface area contributed by atoms with Gasteiger partial charge in [0.25, 0.3) is 0 Å². The summed E-state index contributed by atoms with van der Waals surface area (Å²) >= 11 is 0. The molecular formula is C20H23N3O5. The number of anilines is 1. The van der Waals surface area contributed by atoms with Crippen LogP contribution in [0.4, 0.5) is 5.69 Å². The van der Waals surface area contributed by atoms with Gasteiger partial charge in [-0.05, 0) is 56.3 Å². The molecule has 2 amide bonds. The lowest BCUT2D eigenvalue weighted by Gasteiger charge is -2.09. The fourth-order valence-electron chi connectivity index (χ4n) is 2.30. The van der Waals surface area contributed by atoms with Crippen LogP contribution >= 0.6 is 0 Å². The molecule has 0 spiro atoms. The SMILES string of the molecule is CCOc1ccc(NC(=O)C(=O)N/N=C(\C)c2ccc(OC)c(OC)c2)cc1. The minimum Gasteiger partial charge on any atom is -0.494 e. The normalized spacial score (nSPS) is 10.8. The molecule has 0 aliphatic rings. The largest absolute Gasteiger partial charge is 0.494 e. The Kier molecular flexibility index (Phi) is 7.38. The van der Waals surface area contributed by atoms with Gasteiger partial charge in [-0.1, -0.05) is 0 Å².